The second-order valence-electron chi connectivity index (χ2n) is 6.21. The van der Waals surface area contributed by atoms with Crippen LogP contribution in [0.3, 0.4) is 0 Å². The molecule has 3 rings (SSSR count). The fraction of sp³-hybridized carbons (Fsp3) is 0.190. The van der Waals surface area contributed by atoms with Crippen LogP contribution in [0.25, 0.3) is 6.08 Å². The molecule has 2 aromatic carbocycles. The van der Waals surface area contributed by atoms with Gasteiger partial charge in [0.05, 0.1) is 12.0 Å². The Balaban J connectivity index is 1.86. The molecule has 0 bridgehead atoms. The van der Waals surface area contributed by atoms with Gasteiger partial charge >= 0.3 is 5.97 Å². The number of thiocarbonyl (C=S) groups is 1. The molecule has 1 amide bonds. The minimum atomic E-state index is -0.783. The molecule has 1 atom stereocenters. The number of nitrogens with zero attached hydrogens (tertiary/aromatic N) is 1. The van der Waals surface area contributed by atoms with E-state index in [0.29, 0.717) is 21.6 Å². The maximum absolute atomic E-state index is 12.8. The number of hydrogen-bond acceptors (Lipinski definition) is 6. The molecule has 8 heteroatoms. The van der Waals surface area contributed by atoms with Crippen molar-refractivity contribution in [3.8, 4) is 5.75 Å². The van der Waals surface area contributed by atoms with Gasteiger partial charge in [-0.2, -0.15) is 0 Å². The molecule has 1 heterocycles. The first-order valence-electron chi connectivity index (χ1n) is 8.72. The minimum Gasteiger partial charge on any atom is -0.488 e. The van der Waals surface area contributed by atoms with Gasteiger partial charge in [-0.25, -0.2) is 4.79 Å². The normalized spacial score (nSPS) is 16.2. The van der Waals surface area contributed by atoms with Gasteiger partial charge in [0, 0.05) is 10.0 Å². The number of rotatable bonds is 6. The second-order valence-corrected chi connectivity index (χ2v) is 8.80. The zero-order valence-electron chi connectivity index (χ0n) is 15.8. The van der Waals surface area contributed by atoms with Gasteiger partial charge in [-0.05, 0) is 36.8 Å². The van der Waals surface area contributed by atoms with Gasteiger partial charge in [-0.15, -0.1) is 0 Å². The third-order valence-electron chi connectivity index (χ3n) is 4.25. The van der Waals surface area contributed by atoms with Crippen LogP contribution in [0.2, 0.25) is 0 Å². The largest absolute Gasteiger partial charge is 0.488 e. The summed E-state index contributed by atoms with van der Waals surface area (Å²) >= 11 is 9.92. The molecule has 0 N–H and O–H groups in total. The topological polar surface area (TPSA) is 55.8 Å². The molecule has 29 heavy (non-hydrogen) atoms. The Morgan fingerprint density at radius 3 is 2.69 bits per heavy atom. The van der Waals surface area contributed by atoms with E-state index in [4.69, 9.17) is 21.7 Å². The van der Waals surface area contributed by atoms with Crippen LogP contribution >= 0.6 is 39.9 Å². The second kappa shape index (κ2) is 9.56. The predicted molar refractivity (Wildman–Crippen MR) is 121 cm³/mol. The average molecular weight is 492 g/mol. The molecule has 0 spiro atoms. The SMILES string of the molecule is COC(=O)C(C)N1C(=O)C(=Cc2cc(Br)ccc2OCc2ccccc2)SC1=S. The molecule has 1 fully saturated rings. The fourth-order valence-corrected chi connectivity index (χ4v) is 4.52. The molecule has 0 saturated carbocycles. The standard InChI is InChI=1S/C21H18BrNO4S2/c1-13(20(25)26-2)23-19(24)18(29-21(23)28)11-15-10-16(22)8-9-17(15)27-12-14-6-4-3-5-7-14/h3-11,13H,12H2,1-2H3. The highest BCUT2D eigenvalue weighted by Gasteiger charge is 2.38. The summed E-state index contributed by atoms with van der Waals surface area (Å²) in [7, 11) is 1.28. The van der Waals surface area contributed by atoms with Crippen LogP contribution in [0.5, 0.6) is 5.75 Å². The van der Waals surface area contributed by atoms with Gasteiger partial charge in [-0.3, -0.25) is 9.69 Å². The third-order valence-corrected chi connectivity index (χ3v) is 6.07. The molecule has 1 aliphatic rings. The van der Waals surface area contributed by atoms with Gasteiger partial charge in [0.1, 0.15) is 22.7 Å². The Hall–Kier alpha value is -2.16. The molecule has 5 nitrogen and oxygen atoms in total. The summed E-state index contributed by atoms with van der Waals surface area (Å²) in [6.45, 7) is 2.00. The summed E-state index contributed by atoms with van der Waals surface area (Å²) in [6, 6.07) is 14.6. The number of carbonyl (C=O) groups is 2. The number of methoxy groups -OCH3 is 1. The van der Waals surface area contributed by atoms with E-state index in [1.807, 2.05) is 48.5 Å². The van der Waals surface area contributed by atoms with Crippen LogP contribution in [0.1, 0.15) is 18.1 Å². The smallest absolute Gasteiger partial charge is 0.328 e. The molecule has 1 saturated heterocycles. The number of esters is 1. The van der Waals surface area contributed by atoms with E-state index in [0.717, 1.165) is 27.4 Å². The Bertz CT molecular complexity index is 978. The number of amides is 1. The summed E-state index contributed by atoms with van der Waals surface area (Å²) in [5.41, 5.74) is 1.78. The Morgan fingerprint density at radius 2 is 2.00 bits per heavy atom. The van der Waals surface area contributed by atoms with Gasteiger partial charge in [-0.1, -0.05) is 70.2 Å². The first-order chi connectivity index (χ1) is 13.9. The summed E-state index contributed by atoms with van der Waals surface area (Å²) in [5, 5.41) is 0. The lowest BCUT2D eigenvalue weighted by atomic mass is 10.1. The Labute approximate surface area is 187 Å². The van der Waals surface area contributed by atoms with Gasteiger partial charge in [0.15, 0.2) is 0 Å². The number of carbonyl (C=O) groups excluding carboxylic acids is 2. The number of hydrogen-bond donors (Lipinski definition) is 0. The highest BCUT2D eigenvalue weighted by atomic mass is 79.9. The molecule has 1 aliphatic heterocycles. The van der Waals surface area contributed by atoms with E-state index >= 15 is 0 Å². The van der Waals surface area contributed by atoms with E-state index in [1.54, 1.807) is 13.0 Å². The van der Waals surface area contributed by atoms with E-state index in [-0.39, 0.29) is 5.91 Å². The summed E-state index contributed by atoms with van der Waals surface area (Å²) in [5.74, 6) is -0.202. The molecule has 150 valence electrons. The molecule has 1 unspecified atom stereocenters. The van der Waals surface area contributed by atoms with Crippen molar-refractivity contribution in [1.29, 1.82) is 0 Å². The van der Waals surface area contributed by atoms with Crippen molar-refractivity contribution in [2.45, 2.75) is 19.6 Å². The van der Waals surface area contributed by atoms with Gasteiger partial charge in [0.25, 0.3) is 5.91 Å². The first-order valence-corrected chi connectivity index (χ1v) is 10.7. The highest BCUT2D eigenvalue weighted by molar-refractivity contribution is 9.10. The van der Waals surface area contributed by atoms with Crippen LogP contribution in [0, 0.1) is 0 Å². The van der Waals surface area contributed by atoms with E-state index in [9.17, 15) is 9.59 Å². The number of ether oxygens (including phenoxy) is 2. The van der Waals surface area contributed by atoms with Crippen molar-refractivity contribution >= 4 is 62.2 Å². The third kappa shape index (κ3) is 5.07. The molecule has 0 aromatic heterocycles. The average Bonchev–Trinajstić information content (AvgIpc) is 3.00. The van der Waals surface area contributed by atoms with Crippen LogP contribution in [-0.2, 0) is 20.9 Å². The summed E-state index contributed by atoms with van der Waals surface area (Å²) in [6.07, 6.45) is 1.73. The summed E-state index contributed by atoms with van der Waals surface area (Å²) < 4.78 is 11.9. The molecule has 0 radical (unpaired) electrons. The Morgan fingerprint density at radius 1 is 1.28 bits per heavy atom. The van der Waals surface area contributed by atoms with Crippen LogP contribution in [-0.4, -0.2) is 34.2 Å². The van der Waals surface area contributed by atoms with Crippen molar-refractivity contribution in [2.75, 3.05) is 7.11 Å². The van der Waals surface area contributed by atoms with Crippen molar-refractivity contribution < 1.29 is 19.1 Å². The minimum absolute atomic E-state index is 0.320. The fourth-order valence-electron chi connectivity index (χ4n) is 2.73. The summed E-state index contributed by atoms with van der Waals surface area (Å²) in [4.78, 5) is 26.4. The lowest BCUT2D eigenvalue weighted by molar-refractivity contribution is -0.147. The molecular weight excluding hydrogens is 474 g/mol. The van der Waals surface area contributed by atoms with Crippen molar-refractivity contribution in [3.63, 3.8) is 0 Å². The lowest BCUT2D eigenvalue weighted by Gasteiger charge is -2.20. The van der Waals surface area contributed by atoms with Crippen molar-refractivity contribution in [3.05, 3.63) is 69.0 Å². The van der Waals surface area contributed by atoms with Crippen LogP contribution < -0.4 is 4.74 Å². The Kier molecular flexibility index (Phi) is 7.10. The zero-order valence-corrected chi connectivity index (χ0v) is 19.0. The van der Waals surface area contributed by atoms with E-state index in [1.165, 1.54) is 12.0 Å². The molecular formula is C21H18BrNO4S2. The quantitative estimate of drug-likeness (QED) is 0.329. The lowest BCUT2D eigenvalue weighted by Crippen LogP contribution is -2.42. The van der Waals surface area contributed by atoms with Gasteiger partial charge < -0.3 is 9.47 Å². The van der Waals surface area contributed by atoms with Crippen LogP contribution in [0.4, 0.5) is 0 Å². The monoisotopic (exact) mass is 491 g/mol. The number of benzene rings is 2. The maximum Gasteiger partial charge on any atom is 0.328 e. The van der Waals surface area contributed by atoms with E-state index in [2.05, 4.69) is 15.9 Å². The van der Waals surface area contributed by atoms with Crippen LogP contribution in [0.15, 0.2) is 57.9 Å². The number of halogens is 1. The predicted octanol–water partition coefficient (Wildman–Crippen LogP) is 4.79. The number of thioether (sulfide) groups is 1. The van der Waals surface area contributed by atoms with Gasteiger partial charge in [0.2, 0.25) is 0 Å². The van der Waals surface area contributed by atoms with Crippen molar-refractivity contribution in [2.24, 2.45) is 0 Å². The first kappa shape index (κ1) is 21.5. The highest BCUT2D eigenvalue weighted by Crippen LogP contribution is 2.36. The van der Waals surface area contributed by atoms with E-state index < -0.39 is 12.0 Å². The maximum atomic E-state index is 12.8. The van der Waals surface area contributed by atoms with Crippen molar-refractivity contribution in [1.82, 2.24) is 4.90 Å². The zero-order chi connectivity index (χ0) is 21.0. The molecule has 2 aromatic rings. The molecule has 0 aliphatic carbocycles.